The van der Waals surface area contributed by atoms with Crippen LogP contribution in [0.1, 0.15) is 41.5 Å². The van der Waals surface area contributed by atoms with Crippen molar-refractivity contribution >= 4 is 17.9 Å². The van der Waals surface area contributed by atoms with E-state index in [2.05, 4.69) is 4.90 Å². The molecule has 1 aromatic rings. The molecule has 0 bridgehead atoms. The first-order valence-electron chi connectivity index (χ1n) is 9.89. The van der Waals surface area contributed by atoms with Crippen LogP contribution in [-0.4, -0.2) is 90.7 Å². The van der Waals surface area contributed by atoms with Crippen molar-refractivity contribution in [1.82, 2.24) is 14.7 Å². The number of amides is 3. The molecule has 0 saturated carbocycles. The van der Waals surface area contributed by atoms with Gasteiger partial charge in [-0.05, 0) is 32.9 Å². The molecule has 0 aromatic heterocycles. The van der Waals surface area contributed by atoms with Gasteiger partial charge in [-0.25, -0.2) is 4.79 Å². The van der Waals surface area contributed by atoms with Crippen LogP contribution in [0.2, 0.25) is 0 Å². The number of morpholine rings is 1. The van der Waals surface area contributed by atoms with Gasteiger partial charge in [0.1, 0.15) is 5.60 Å². The molecule has 1 fully saturated rings. The largest absolute Gasteiger partial charge is 0.444 e. The van der Waals surface area contributed by atoms with Gasteiger partial charge in [-0.1, -0.05) is 12.1 Å². The topological polar surface area (TPSA) is 79.4 Å². The Hall–Kier alpha value is -2.45. The zero-order valence-corrected chi connectivity index (χ0v) is 17.5. The highest BCUT2D eigenvalue weighted by molar-refractivity contribution is 6.21. The monoisotopic (exact) mass is 403 g/mol. The fourth-order valence-corrected chi connectivity index (χ4v) is 3.50. The second-order valence-electron chi connectivity index (χ2n) is 8.46. The van der Waals surface area contributed by atoms with Crippen LogP contribution in [0.3, 0.4) is 0 Å². The van der Waals surface area contributed by atoms with Gasteiger partial charge in [-0.3, -0.25) is 19.4 Å². The smallest absolute Gasteiger partial charge is 0.410 e. The number of rotatable bonds is 5. The summed E-state index contributed by atoms with van der Waals surface area (Å²) in [7, 11) is 1.69. The van der Waals surface area contributed by atoms with Gasteiger partial charge in [0, 0.05) is 33.2 Å². The Morgan fingerprint density at radius 3 is 2.38 bits per heavy atom. The predicted molar refractivity (Wildman–Crippen MR) is 107 cm³/mol. The van der Waals surface area contributed by atoms with Gasteiger partial charge in [-0.15, -0.1) is 0 Å². The molecular weight excluding hydrogens is 374 g/mol. The molecule has 29 heavy (non-hydrogen) atoms. The van der Waals surface area contributed by atoms with Gasteiger partial charge < -0.3 is 14.4 Å². The number of imide groups is 1. The summed E-state index contributed by atoms with van der Waals surface area (Å²) in [5.74, 6) is -0.472. The first-order valence-corrected chi connectivity index (χ1v) is 9.89. The maximum absolute atomic E-state index is 12.5. The van der Waals surface area contributed by atoms with Gasteiger partial charge in [-0.2, -0.15) is 0 Å². The van der Waals surface area contributed by atoms with Crippen molar-refractivity contribution in [3.63, 3.8) is 0 Å². The molecule has 8 heteroatoms. The van der Waals surface area contributed by atoms with E-state index in [1.807, 2.05) is 20.8 Å². The number of likely N-dealkylation sites (N-methyl/N-ethyl adjacent to an activating group) is 1. The highest BCUT2D eigenvalue weighted by Crippen LogP contribution is 2.22. The van der Waals surface area contributed by atoms with Gasteiger partial charge >= 0.3 is 6.09 Å². The molecule has 8 nitrogen and oxygen atoms in total. The quantitative estimate of drug-likeness (QED) is 0.698. The fraction of sp³-hybridized carbons (Fsp3) is 0.571. The van der Waals surface area contributed by atoms with Crippen LogP contribution >= 0.6 is 0 Å². The van der Waals surface area contributed by atoms with E-state index in [0.29, 0.717) is 43.9 Å². The number of carbonyl (C=O) groups excluding carboxylic acids is 3. The van der Waals surface area contributed by atoms with Crippen LogP contribution in [0.4, 0.5) is 4.79 Å². The van der Waals surface area contributed by atoms with Crippen molar-refractivity contribution in [3.8, 4) is 0 Å². The first kappa shape index (κ1) is 21.3. The molecule has 0 radical (unpaired) electrons. The van der Waals surface area contributed by atoms with Crippen molar-refractivity contribution < 1.29 is 23.9 Å². The minimum atomic E-state index is -0.544. The first-order chi connectivity index (χ1) is 13.7. The highest BCUT2D eigenvalue weighted by atomic mass is 16.6. The van der Waals surface area contributed by atoms with E-state index in [-0.39, 0.29) is 24.0 Å². The molecule has 1 saturated heterocycles. The maximum Gasteiger partial charge on any atom is 0.410 e. The molecule has 2 heterocycles. The van der Waals surface area contributed by atoms with Crippen LogP contribution in [0.5, 0.6) is 0 Å². The van der Waals surface area contributed by atoms with Crippen LogP contribution in [0, 0.1) is 0 Å². The number of carbonyl (C=O) groups is 3. The van der Waals surface area contributed by atoms with E-state index in [1.54, 1.807) is 31.3 Å². The lowest BCUT2D eigenvalue weighted by molar-refractivity contribution is -0.0451. The van der Waals surface area contributed by atoms with Crippen LogP contribution < -0.4 is 0 Å². The molecular formula is C21H29N3O5. The molecule has 2 aliphatic heterocycles. The highest BCUT2D eigenvalue weighted by Gasteiger charge is 2.35. The summed E-state index contributed by atoms with van der Waals surface area (Å²) in [5, 5.41) is 0. The molecule has 0 spiro atoms. The van der Waals surface area contributed by atoms with E-state index in [4.69, 9.17) is 9.47 Å². The Kier molecular flexibility index (Phi) is 6.24. The van der Waals surface area contributed by atoms with Gasteiger partial charge in [0.2, 0.25) is 0 Å². The summed E-state index contributed by atoms with van der Waals surface area (Å²) >= 11 is 0. The normalized spacial score (nSPS) is 20.0. The summed E-state index contributed by atoms with van der Waals surface area (Å²) in [6.07, 6.45) is -0.535. The van der Waals surface area contributed by atoms with Gasteiger partial charge in [0.15, 0.2) is 0 Å². The molecule has 3 amide bonds. The van der Waals surface area contributed by atoms with Crippen LogP contribution in [0.25, 0.3) is 0 Å². The number of hydrogen-bond donors (Lipinski definition) is 0. The Bertz CT molecular complexity index is 754. The lowest BCUT2D eigenvalue weighted by Gasteiger charge is -2.35. The van der Waals surface area contributed by atoms with E-state index in [0.717, 1.165) is 6.54 Å². The minimum absolute atomic E-state index is 0.150. The number of ether oxygens (including phenoxy) is 2. The summed E-state index contributed by atoms with van der Waals surface area (Å²) in [6.45, 7) is 8.69. The lowest BCUT2D eigenvalue weighted by Crippen LogP contribution is -2.50. The Balaban J connectivity index is 1.50. The summed E-state index contributed by atoms with van der Waals surface area (Å²) in [4.78, 5) is 42.1. The molecule has 158 valence electrons. The average Bonchev–Trinajstić information content (AvgIpc) is 2.90. The summed E-state index contributed by atoms with van der Waals surface area (Å²) in [6, 6.07) is 6.90. The third-order valence-corrected chi connectivity index (χ3v) is 4.92. The molecule has 1 aromatic carbocycles. The Morgan fingerprint density at radius 1 is 1.17 bits per heavy atom. The molecule has 1 unspecified atom stereocenters. The van der Waals surface area contributed by atoms with E-state index in [1.165, 1.54) is 9.80 Å². The molecule has 1 atom stereocenters. The van der Waals surface area contributed by atoms with Crippen molar-refractivity contribution in [3.05, 3.63) is 35.4 Å². The predicted octanol–water partition coefficient (Wildman–Crippen LogP) is 1.85. The van der Waals surface area contributed by atoms with Crippen LogP contribution in [0.15, 0.2) is 24.3 Å². The average molecular weight is 403 g/mol. The van der Waals surface area contributed by atoms with E-state index < -0.39 is 5.60 Å². The Morgan fingerprint density at radius 2 is 1.79 bits per heavy atom. The summed E-state index contributed by atoms with van der Waals surface area (Å²) < 4.78 is 11.2. The second kappa shape index (κ2) is 8.51. The third kappa shape index (κ3) is 5.13. The molecule has 0 N–H and O–H groups in total. The van der Waals surface area contributed by atoms with Gasteiger partial charge in [0.05, 0.1) is 30.4 Å². The SMILES string of the molecule is CN(CC1CN(CCN2C(=O)c3ccccc3C2=O)CCO1)C(=O)OC(C)(C)C. The maximum atomic E-state index is 12.5. The number of benzene rings is 1. The molecule has 2 aliphatic rings. The van der Waals surface area contributed by atoms with Gasteiger partial charge in [0.25, 0.3) is 11.8 Å². The van der Waals surface area contributed by atoms with Crippen molar-refractivity contribution in [2.75, 3.05) is 46.4 Å². The second-order valence-corrected chi connectivity index (χ2v) is 8.46. The Labute approximate surface area is 171 Å². The van der Waals surface area contributed by atoms with Crippen molar-refractivity contribution in [2.24, 2.45) is 0 Å². The standard InChI is InChI=1S/C21H29N3O5/c1-21(2,3)29-20(27)22(4)13-15-14-23(11-12-28-15)9-10-24-18(25)16-7-5-6-8-17(16)19(24)26/h5-8,15H,9-14H2,1-4H3. The molecule has 3 rings (SSSR count). The third-order valence-electron chi connectivity index (χ3n) is 4.92. The minimum Gasteiger partial charge on any atom is -0.444 e. The van der Waals surface area contributed by atoms with E-state index >= 15 is 0 Å². The molecule has 0 aliphatic carbocycles. The lowest BCUT2D eigenvalue weighted by atomic mass is 10.1. The number of nitrogens with zero attached hydrogens (tertiary/aromatic N) is 3. The number of fused-ring (bicyclic) bond motifs is 1. The number of hydrogen-bond acceptors (Lipinski definition) is 6. The zero-order valence-electron chi connectivity index (χ0n) is 17.5. The zero-order chi connectivity index (χ0) is 21.2. The summed E-state index contributed by atoms with van der Waals surface area (Å²) in [5.41, 5.74) is 0.393. The van der Waals surface area contributed by atoms with Crippen molar-refractivity contribution in [2.45, 2.75) is 32.5 Å². The van der Waals surface area contributed by atoms with Crippen molar-refractivity contribution in [1.29, 1.82) is 0 Å². The fourth-order valence-electron chi connectivity index (χ4n) is 3.50. The van der Waals surface area contributed by atoms with E-state index in [9.17, 15) is 14.4 Å². The van der Waals surface area contributed by atoms with Crippen LogP contribution in [-0.2, 0) is 9.47 Å².